The Morgan fingerprint density at radius 1 is 0.720 bits per heavy atom. The van der Waals surface area contributed by atoms with Crippen LogP contribution in [0.25, 0.3) is 16.6 Å². The van der Waals surface area contributed by atoms with Gasteiger partial charge in [0, 0.05) is 50.5 Å². The van der Waals surface area contributed by atoms with E-state index in [0.717, 1.165) is 43.0 Å². The molecule has 0 unspecified atom stereocenters. The number of fused-ring (bicyclic) bond motifs is 3. The summed E-state index contributed by atoms with van der Waals surface area (Å²) in [6.45, 7) is 3.92. The van der Waals surface area contributed by atoms with E-state index < -0.39 is 0 Å². The molecule has 0 amide bonds. The first-order chi connectivity index (χ1) is 12.4. The molecule has 5 heteroatoms. The molecular weight excluding hydrogens is 310 g/mol. The van der Waals surface area contributed by atoms with Crippen LogP contribution in [-0.2, 0) is 0 Å². The Balaban J connectivity index is 1.49. The fraction of sp³-hybridized carbons (Fsp3) is 0.200. The summed E-state index contributed by atoms with van der Waals surface area (Å²) in [7, 11) is 0. The standard InChI is InChI=1S/C20H19N5/c1-2-5-18-17(4-1)22-20(19-6-3-11-25(18)19)24-14-12-23(13-15-24)16-7-9-21-10-8-16/h1-11H,12-15H2. The fourth-order valence-electron chi connectivity index (χ4n) is 3.67. The molecule has 1 saturated heterocycles. The van der Waals surface area contributed by atoms with Gasteiger partial charge in [-0.15, -0.1) is 0 Å². The first-order valence-electron chi connectivity index (χ1n) is 8.66. The lowest BCUT2D eigenvalue weighted by atomic mass is 10.2. The van der Waals surface area contributed by atoms with Crippen LogP contribution < -0.4 is 9.80 Å². The summed E-state index contributed by atoms with van der Waals surface area (Å²) < 4.78 is 2.24. The minimum Gasteiger partial charge on any atom is -0.368 e. The van der Waals surface area contributed by atoms with Gasteiger partial charge >= 0.3 is 0 Å². The maximum atomic E-state index is 4.97. The highest BCUT2D eigenvalue weighted by molar-refractivity contribution is 5.85. The van der Waals surface area contributed by atoms with Crippen LogP contribution in [-0.4, -0.2) is 40.5 Å². The number of hydrogen-bond acceptors (Lipinski definition) is 4. The average Bonchev–Trinajstić information content (AvgIpc) is 3.18. The molecule has 0 radical (unpaired) electrons. The van der Waals surface area contributed by atoms with Gasteiger partial charge in [0.15, 0.2) is 5.82 Å². The van der Waals surface area contributed by atoms with Gasteiger partial charge in [-0.2, -0.15) is 0 Å². The fourth-order valence-corrected chi connectivity index (χ4v) is 3.67. The highest BCUT2D eigenvalue weighted by atomic mass is 15.3. The molecule has 124 valence electrons. The minimum absolute atomic E-state index is 0.967. The number of hydrogen-bond donors (Lipinski definition) is 0. The summed E-state index contributed by atoms with van der Waals surface area (Å²) in [6, 6.07) is 16.7. The monoisotopic (exact) mass is 329 g/mol. The van der Waals surface area contributed by atoms with Gasteiger partial charge in [0.05, 0.1) is 16.6 Å². The van der Waals surface area contributed by atoms with Gasteiger partial charge in [0.25, 0.3) is 0 Å². The summed E-state index contributed by atoms with van der Waals surface area (Å²) in [5.74, 6) is 1.08. The zero-order valence-corrected chi connectivity index (χ0v) is 13.9. The molecule has 3 aromatic heterocycles. The zero-order chi connectivity index (χ0) is 16.6. The van der Waals surface area contributed by atoms with Gasteiger partial charge < -0.3 is 14.2 Å². The van der Waals surface area contributed by atoms with Crippen LogP contribution in [0.5, 0.6) is 0 Å². The van der Waals surface area contributed by atoms with Crippen molar-refractivity contribution < 1.29 is 0 Å². The van der Waals surface area contributed by atoms with Crippen molar-refractivity contribution in [3.63, 3.8) is 0 Å². The molecule has 4 aromatic rings. The van der Waals surface area contributed by atoms with Crippen molar-refractivity contribution in [3.05, 3.63) is 67.1 Å². The maximum absolute atomic E-state index is 4.97. The summed E-state index contributed by atoms with van der Waals surface area (Å²) in [6.07, 6.45) is 5.84. The molecule has 25 heavy (non-hydrogen) atoms. The number of para-hydroxylation sites is 2. The number of piperazine rings is 1. The third kappa shape index (κ3) is 2.39. The van der Waals surface area contributed by atoms with Crippen LogP contribution in [0.4, 0.5) is 11.5 Å². The molecule has 0 atom stereocenters. The Morgan fingerprint density at radius 3 is 2.28 bits per heavy atom. The molecule has 0 saturated carbocycles. The Kier molecular flexibility index (Phi) is 3.30. The molecule has 5 rings (SSSR count). The summed E-state index contributed by atoms with van der Waals surface area (Å²) in [4.78, 5) is 13.9. The Bertz CT molecular complexity index is 1020. The lowest BCUT2D eigenvalue weighted by Crippen LogP contribution is -2.47. The van der Waals surface area contributed by atoms with E-state index in [1.807, 2.05) is 12.4 Å². The third-order valence-corrected chi connectivity index (χ3v) is 4.95. The van der Waals surface area contributed by atoms with E-state index in [0.29, 0.717) is 0 Å². The van der Waals surface area contributed by atoms with Gasteiger partial charge in [-0.3, -0.25) is 4.98 Å². The quantitative estimate of drug-likeness (QED) is 0.566. The van der Waals surface area contributed by atoms with Crippen molar-refractivity contribution >= 4 is 28.1 Å². The summed E-state index contributed by atoms with van der Waals surface area (Å²) in [5.41, 5.74) is 4.62. The topological polar surface area (TPSA) is 36.7 Å². The molecule has 0 aliphatic carbocycles. The minimum atomic E-state index is 0.967. The average molecular weight is 329 g/mol. The largest absolute Gasteiger partial charge is 0.368 e. The lowest BCUT2D eigenvalue weighted by Gasteiger charge is -2.37. The van der Waals surface area contributed by atoms with Crippen molar-refractivity contribution in [2.24, 2.45) is 0 Å². The van der Waals surface area contributed by atoms with Crippen LogP contribution in [0.1, 0.15) is 0 Å². The van der Waals surface area contributed by atoms with E-state index in [2.05, 4.69) is 73.9 Å². The Hall–Kier alpha value is -3.08. The van der Waals surface area contributed by atoms with E-state index in [-0.39, 0.29) is 0 Å². The Labute approximate surface area is 146 Å². The highest BCUT2D eigenvalue weighted by Crippen LogP contribution is 2.26. The normalized spacial score (nSPS) is 15.2. The van der Waals surface area contributed by atoms with Crippen molar-refractivity contribution in [1.29, 1.82) is 0 Å². The van der Waals surface area contributed by atoms with Crippen LogP contribution in [0.3, 0.4) is 0 Å². The van der Waals surface area contributed by atoms with Gasteiger partial charge in [0.2, 0.25) is 0 Å². The first kappa shape index (κ1) is 14.3. The summed E-state index contributed by atoms with van der Waals surface area (Å²) >= 11 is 0. The van der Waals surface area contributed by atoms with Gasteiger partial charge in [-0.05, 0) is 36.4 Å². The first-order valence-corrected chi connectivity index (χ1v) is 8.66. The SMILES string of the molecule is c1ccc2c(c1)nc(N1CCN(c3ccncc3)CC1)c1cccn12. The Morgan fingerprint density at radius 2 is 1.44 bits per heavy atom. The van der Waals surface area contributed by atoms with Crippen LogP contribution in [0.15, 0.2) is 67.1 Å². The van der Waals surface area contributed by atoms with Crippen LogP contribution >= 0.6 is 0 Å². The zero-order valence-electron chi connectivity index (χ0n) is 13.9. The molecule has 4 heterocycles. The predicted octanol–water partition coefficient (Wildman–Crippen LogP) is 3.21. The van der Waals surface area contributed by atoms with E-state index in [1.165, 1.54) is 11.2 Å². The number of nitrogens with zero attached hydrogens (tertiary/aromatic N) is 5. The second-order valence-electron chi connectivity index (χ2n) is 6.37. The van der Waals surface area contributed by atoms with E-state index >= 15 is 0 Å². The molecule has 0 bridgehead atoms. The molecule has 1 aliphatic heterocycles. The smallest absolute Gasteiger partial charge is 0.153 e. The summed E-state index contributed by atoms with van der Waals surface area (Å²) in [5, 5.41) is 0. The van der Waals surface area contributed by atoms with Crippen molar-refractivity contribution in [1.82, 2.24) is 14.4 Å². The third-order valence-electron chi connectivity index (χ3n) is 4.95. The molecular formula is C20H19N5. The molecule has 1 fully saturated rings. The highest BCUT2D eigenvalue weighted by Gasteiger charge is 2.21. The molecule has 1 aliphatic rings. The van der Waals surface area contributed by atoms with Crippen molar-refractivity contribution in [2.75, 3.05) is 36.0 Å². The van der Waals surface area contributed by atoms with E-state index in [4.69, 9.17) is 4.98 Å². The van der Waals surface area contributed by atoms with Crippen molar-refractivity contribution in [2.45, 2.75) is 0 Å². The van der Waals surface area contributed by atoms with E-state index in [1.54, 1.807) is 0 Å². The molecule has 5 nitrogen and oxygen atoms in total. The van der Waals surface area contributed by atoms with Crippen LogP contribution in [0, 0.1) is 0 Å². The molecule has 0 spiro atoms. The number of aromatic nitrogens is 3. The molecule has 1 aromatic carbocycles. The predicted molar refractivity (Wildman–Crippen MR) is 101 cm³/mol. The second-order valence-corrected chi connectivity index (χ2v) is 6.37. The number of rotatable bonds is 2. The second kappa shape index (κ2) is 5.77. The maximum Gasteiger partial charge on any atom is 0.153 e. The van der Waals surface area contributed by atoms with Gasteiger partial charge in [-0.1, -0.05) is 12.1 Å². The molecule has 0 N–H and O–H groups in total. The number of pyridine rings is 1. The van der Waals surface area contributed by atoms with Gasteiger partial charge in [0.1, 0.15) is 0 Å². The number of anilines is 2. The lowest BCUT2D eigenvalue weighted by molar-refractivity contribution is 0.649. The van der Waals surface area contributed by atoms with Crippen molar-refractivity contribution in [3.8, 4) is 0 Å². The van der Waals surface area contributed by atoms with Gasteiger partial charge in [-0.25, -0.2) is 4.98 Å². The van der Waals surface area contributed by atoms with E-state index in [9.17, 15) is 0 Å². The van der Waals surface area contributed by atoms with Crippen LogP contribution in [0.2, 0.25) is 0 Å². The number of benzene rings is 1.